The summed E-state index contributed by atoms with van der Waals surface area (Å²) in [5.74, 6) is 0.923. The Hall–Kier alpha value is -0.770. The zero-order chi connectivity index (χ0) is 14.4. The molecule has 1 rings (SSSR count). The van der Waals surface area contributed by atoms with Crippen molar-refractivity contribution in [3.63, 3.8) is 0 Å². The van der Waals surface area contributed by atoms with Gasteiger partial charge in [0.25, 0.3) is 0 Å². The monoisotopic (exact) mass is 284 g/mol. The number of aromatic hydroxyl groups is 1. The molecule has 0 heterocycles. The quantitative estimate of drug-likeness (QED) is 0.834. The van der Waals surface area contributed by atoms with Crippen LogP contribution < -0.4 is 0 Å². The molecule has 0 aliphatic heterocycles. The van der Waals surface area contributed by atoms with Gasteiger partial charge in [0.15, 0.2) is 0 Å². The third-order valence-electron chi connectivity index (χ3n) is 2.92. The molecule has 0 unspecified atom stereocenters. The molecule has 0 saturated carbocycles. The number of rotatable bonds is 7. The highest BCUT2D eigenvalue weighted by atomic mass is 35.5. The van der Waals surface area contributed by atoms with Gasteiger partial charge in [0.1, 0.15) is 5.75 Å². The van der Waals surface area contributed by atoms with Crippen LogP contribution in [-0.4, -0.2) is 48.6 Å². The molecule has 1 aromatic rings. The molecule has 0 amide bonds. The Labute approximate surface area is 121 Å². The average molecular weight is 285 g/mol. The van der Waals surface area contributed by atoms with Crippen molar-refractivity contribution in [2.45, 2.75) is 20.4 Å². The first kappa shape index (κ1) is 16.3. The van der Waals surface area contributed by atoms with Crippen LogP contribution in [0.15, 0.2) is 18.2 Å². The van der Waals surface area contributed by atoms with E-state index < -0.39 is 0 Å². The van der Waals surface area contributed by atoms with Gasteiger partial charge in [0.2, 0.25) is 0 Å². The summed E-state index contributed by atoms with van der Waals surface area (Å²) < 4.78 is 0. The van der Waals surface area contributed by atoms with E-state index in [9.17, 15) is 5.11 Å². The normalized spacial score (nSPS) is 11.8. The van der Waals surface area contributed by atoms with E-state index in [1.807, 2.05) is 6.07 Å². The second-order valence-corrected chi connectivity index (χ2v) is 6.14. The lowest BCUT2D eigenvalue weighted by molar-refractivity contribution is 0.210. The number of hydrogen-bond donors (Lipinski definition) is 1. The Morgan fingerprint density at radius 2 is 1.89 bits per heavy atom. The van der Waals surface area contributed by atoms with Crippen molar-refractivity contribution < 1.29 is 5.11 Å². The van der Waals surface area contributed by atoms with Gasteiger partial charge in [0.05, 0.1) is 0 Å². The van der Waals surface area contributed by atoms with Gasteiger partial charge in [-0.2, -0.15) is 0 Å². The Morgan fingerprint density at radius 3 is 2.47 bits per heavy atom. The van der Waals surface area contributed by atoms with E-state index in [0.717, 1.165) is 31.7 Å². The molecule has 108 valence electrons. The first-order chi connectivity index (χ1) is 8.88. The van der Waals surface area contributed by atoms with E-state index in [1.54, 1.807) is 12.1 Å². The van der Waals surface area contributed by atoms with E-state index in [4.69, 9.17) is 11.6 Å². The van der Waals surface area contributed by atoms with E-state index in [-0.39, 0.29) is 0 Å². The first-order valence-corrected chi connectivity index (χ1v) is 7.10. The predicted octanol–water partition coefficient (Wildman–Crippen LogP) is 3.07. The summed E-state index contributed by atoms with van der Waals surface area (Å²) in [4.78, 5) is 4.53. The van der Waals surface area contributed by atoms with Gasteiger partial charge in [-0.05, 0) is 38.2 Å². The summed E-state index contributed by atoms with van der Waals surface area (Å²) in [7, 11) is 4.15. The average Bonchev–Trinajstić information content (AvgIpc) is 2.30. The Kier molecular flexibility index (Phi) is 6.63. The number of halogens is 1. The van der Waals surface area contributed by atoms with Crippen molar-refractivity contribution >= 4 is 11.6 Å². The summed E-state index contributed by atoms with van der Waals surface area (Å²) in [6, 6.07) is 5.23. The van der Waals surface area contributed by atoms with E-state index in [0.29, 0.717) is 16.7 Å². The highest BCUT2D eigenvalue weighted by molar-refractivity contribution is 6.30. The van der Waals surface area contributed by atoms with E-state index in [2.05, 4.69) is 37.7 Å². The van der Waals surface area contributed by atoms with Crippen molar-refractivity contribution in [1.29, 1.82) is 0 Å². The highest BCUT2D eigenvalue weighted by Gasteiger charge is 2.11. The second-order valence-electron chi connectivity index (χ2n) is 5.71. The summed E-state index contributed by atoms with van der Waals surface area (Å²) in [6.45, 7) is 8.16. The molecule has 19 heavy (non-hydrogen) atoms. The molecular weight excluding hydrogens is 260 g/mol. The fraction of sp³-hybridized carbons (Fsp3) is 0.600. The van der Waals surface area contributed by atoms with Gasteiger partial charge >= 0.3 is 0 Å². The summed E-state index contributed by atoms with van der Waals surface area (Å²) in [5.41, 5.74) is 0.895. The third-order valence-corrected chi connectivity index (χ3v) is 3.16. The molecule has 3 nitrogen and oxygen atoms in total. The van der Waals surface area contributed by atoms with Gasteiger partial charge in [-0.25, -0.2) is 0 Å². The van der Waals surface area contributed by atoms with Crippen LogP contribution in [0.25, 0.3) is 0 Å². The number of hydrogen-bond acceptors (Lipinski definition) is 3. The van der Waals surface area contributed by atoms with Gasteiger partial charge in [0, 0.05) is 36.8 Å². The van der Waals surface area contributed by atoms with Crippen LogP contribution in [-0.2, 0) is 6.54 Å². The summed E-state index contributed by atoms with van der Waals surface area (Å²) in [6.07, 6.45) is 0. The van der Waals surface area contributed by atoms with Crippen molar-refractivity contribution in [3.8, 4) is 5.75 Å². The van der Waals surface area contributed by atoms with E-state index in [1.165, 1.54) is 0 Å². The number of phenols is 1. The molecule has 0 aromatic heterocycles. The minimum absolute atomic E-state index is 0.322. The van der Waals surface area contributed by atoms with Crippen LogP contribution in [0.2, 0.25) is 5.02 Å². The summed E-state index contributed by atoms with van der Waals surface area (Å²) in [5, 5.41) is 10.6. The van der Waals surface area contributed by atoms with Crippen molar-refractivity contribution in [3.05, 3.63) is 28.8 Å². The molecule has 1 aromatic carbocycles. The third kappa shape index (κ3) is 6.28. The zero-order valence-corrected chi connectivity index (χ0v) is 13.1. The molecule has 0 aliphatic rings. The lowest BCUT2D eigenvalue weighted by Crippen LogP contribution is -2.34. The molecule has 1 N–H and O–H groups in total. The Balaban J connectivity index is 2.72. The fourth-order valence-electron chi connectivity index (χ4n) is 2.01. The standard InChI is InChI=1S/C15H25ClN2O/c1-12(2)10-18(8-7-17(3)4)11-13-9-14(16)5-6-15(13)19/h5-6,9,12,19H,7-8,10-11H2,1-4H3. The molecular formula is C15H25ClN2O. The van der Waals surface area contributed by atoms with Crippen molar-refractivity contribution in [1.82, 2.24) is 9.80 Å². The molecule has 0 spiro atoms. The van der Waals surface area contributed by atoms with Gasteiger partial charge in [-0.1, -0.05) is 25.4 Å². The molecule has 0 radical (unpaired) electrons. The fourth-order valence-corrected chi connectivity index (χ4v) is 2.21. The second kappa shape index (κ2) is 7.73. The largest absolute Gasteiger partial charge is 0.508 e. The number of likely N-dealkylation sites (N-methyl/N-ethyl adjacent to an activating group) is 1. The zero-order valence-electron chi connectivity index (χ0n) is 12.4. The number of phenolic OH excluding ortho intramolecular Hbond substituents is 1. The molecule has 0 aliphatic carbocycles. The van der Waals surface area contributed by atoms with Gasteiger partial charge in [-0.3, -0.25) is 4.90 Å². The van der Waals surface area contributed by atoms with Crippen LogP contribution in [0, 0.1) is 5.92 Å². The molecule has 4 heteroatoms. The maximum absolute atomic E-state index is 9.90. The van der Waals surface area contributed by atoms with Crippen molar-refractivity contribution in [2.24, 2.45) is 5.92 Å². The Bertz CT molecular complexity index is 394. The summed E-state index contributed by atoms with van der Waals surface area (Å²) >= 11 is 6.00. The molecule has 0 bridgehead atoms. The highest BCUT2D eigenvalue weighted by Crippen LogP contribution is 2.23. The maximum atomic E-state index is 9.90. The SMILES string of the molecule is CC(C)CN(CCN(C)C)Cc1cc(Cl)ccc1O. The van der Waals surface area contributed by atoms with Crippen LogP contribution in [0.3, 0.4) is 0 Å². The van der Waals surface area contributed by atoms with Crippen LogP contribution >= 0.6 is 11.6 Å². The predicted molar refractivity (Wildman–Crippen MR) is 81.8 cm³/mol. The van der Waals surface area contributed by atoms with Crippen LogP contribution in [0.1, 0.15) is 19.4 Å². The minimum atomic E-state index is 0.322. The van der Waals surface area contributed by atoms with Crippen molar-refractivity contribution in [2.75, 3.05) is 33.7 Å². The first-order valence-electron chi connectivity index (χ1n) is 6.73. The van der Waals surface area contributed by atoms with Gasteiger partial charge < -0.3 is 10.0 Å². The lowest BCUT2D eigenvalue weighted by Gasteiger charge is -2.26. The van der Waals surface area contributed by atoms with Gasteiger partial charge in [-0.15, -0.1) is 0 Å². The van der Waals surface area contributed by atoms with Crippen LogP contribution in [0.4, 0.5) is 0 Å². The molecule has 0 atom stereocenters. The van der Waals surface area contributed by atoms with E-state index >= 15 is 0 Å². The maximum Gasteiger partial charge on any atom is 0.120 e. The number of nitrogens with zero attached hydrogens (tertiary/aromatic N) is 2. The number of benzene rings is 1. The smallest absolute Gasteiger partial charge is 0.120 e. The lowest BCUT2D eigenvalue weighted by atomic mass is 10.1. The minimum Gasteiger partial charge on any atom is -0.508 e. The molecule has 0 fully saturated rings. The Morgan fingerprint density at radius 1 is 1.21 bits per heavy atom. The van der Waals surface area contributed by atoms with Crippen LogP contribution in [0.5, 0.6) is 5.75 Å². The molecule has 0 saturated heterocycles. The topological polar surface area (TPSA) is 26.7 Å².